The predicted octanol–water partition coefficient (Wildman–Crippen LogP) is 1.05. The molecule has 0 aliphatic heterocycles. The second-order valence-corrected chi connectivity index (χ2v) is 4.54. The first-order chi connectivity index (χ1) is 9.65. The average Bonchev–Trinajstić information content (AvgIpc) is 2.93. The van der Waals surface area contributed by atoms with Crippen LogP contribution in [-0.4, -0.2) is 33.6 Å². The molecule has 0 aliphatic rings. The molecule has 2 amide bonds. The fraction of sp³-hybridized carbons (Fsp3) is 0.286. The van der Waals surface area contributed by atoms with Crippen LogP contribution in [0.2, 0.25) is 0 Å². The molecule has 1 unspecified atom stereocenters. The Kier molecular flexibility index (Phi) is 4.73. The number of nitrogens with zero attached hydrogens (tertiary/aromatic N) is 2. The van der Waals surface area contributed by atoms with Gasteiger partial charge in [0, 0.05) is 24.8 Å². The van der Waals surface area contributed by atoms with Crippen molar-refractivity contribution in [3.8, 4) is 5.69 Å². The van der Waals surface area contributed by atoms with Gasteiger partial charge in [-0.2, -0.15) is 5.10 Å². The van der Waals surface area contributed by atoms with Gasteiger partial charge in [-0.3, -0.25) is 0 Å². The van der Waals surface area contributed by atoms with Crippen LogP contribution >= 0.6 is 0 Å². The number of benzene rings is 1. The Morgan fingerprint density at radius 1 is 1.35 bits per heavy atom. The molecule has 0 bridgehead atoms. The van der Waals surface area contributed by atoms with E-state index in [1.165, 1.54) is 0 Å². The summed E-state index contributed by atoms with van der Waals surface area (Å²) < 4.78 is 1.75. The van der Waals surface area contributed by atoms with Gasteiger partial charge in [0.2, 0.25) is 0 Å². The second-order valence-electron chi connectivity index (χ2n) is 4.54. The molecule has 6 heteroatoms. The number of rotatable bonds is 5. The van der Waals surface area contributed by atoms with Crippen molar-refractivity contribution in [1.29, 1.82) is 0 Å². The van der Waals surface area contributed by atoms with Gasteiger partial charge in [-0.15, -0.1) is 0 Å². The normalized spacial score (nSPS) is 11.9. The van der Waals surface area contributed by atoms with Gasteiger partial charge in [0.15, 0.2) is 0 Å². The summed E-state index contributed by atoms with van der Waals surface area (Å²) in [5.41, 5.74) is 1.87. The molecule has 0 saturated heterocycles. The first kappa shape index (κ1) is 14.1. The zero-order chi connectivity index (χ0) is 14.4. The summed E-state index contributed by atoms with van der Waals surface area (Å²) in [7, 11) is 0. The van der Waals surface area contributed by atoms with Crippen molar-refractivity contribution < 1.29 is 9.90 Å². The quantitative estimate of drug-likeness (QED) is 0.762. The monoisotopic (exact) mass is 274 g/mol. The molecule has 6 nitrogen and oxygen atoms in total. The minimum atomic E-state index is -0.554. The standard InChI is InChI=1S/C14H18N4O2/c1-11(19)7-15-14(20)16-8-12-9-17-18(10-12)13-5-3-2-4-6-13/h2-6,9-11,19H,7-8H2,1H3,(H2,15,16,20). The summed E-state index contributed by atoms with van der Waals surface area (Å²) in [6.45, 7) is 2.23. The Morgan fingerprint density at radius 3 is 2.80 bits per heavy atom. The van der Waals surface area contributed by atoms with Crippen molar-refractivity contribution in [2.75, 3.05) is 6.54 Å². The molecule has 2 rings (SSSR count). The van der Waals surface area contributed by atoms with Gasteiger partial charge in [0.05, 0.1) is 18.0 Å². The SMILES string of the molecule is CC(O)CNC(=O)NCc1cnn(-c2ccccc2)c1. The highest BCUT2D eigenvalue weighted by Gasteiger charge is 2.04. The third-order valence-corrected chi connectivity index (χ3v) is 2.67. The average molecular weight is 274 g/mol. The van der Waals surface area contributed by atoms with Crippen molar-refractivity contribution in [1.82, 2.24) is 20.4 Å². The largest absolute Gasteiger partial charge is 0.392 e. The first-order valence-electron chi connectivity index (χ1n) is 6.44. The topological polar surface area (TPSA) is 79.2 Å². The number of aliphatic hydroxyl groups excluding tert-OH is 1. The number of aliphatic hydroxyl groups is 1. The van der Waals surface area contributed by atoms with E-state index in [4.69, 9.17) is 5.11 Å². The Morgan fingerprint density at radius 2 is 2.10 bits per heavy atom. The molecule has 1 aromatic carbocycles. The lowest BCUT2D eigenvalue weighted by atomic mass is 10.3. The van der Waals surface area contributed by atoms with Crippen molar-refractivity contribution in [2.24, 2.45) is 0 Å². The van der Waals surface area contributed by atoms with E-state index >= 15 is 0 Å². The number of carbonyl (C=O) groups is 1. The fourth-order valence-corrected chi connectivity index (χ4v) is 1.66. The molecule has 2 aromatic rings. The summed E-state index contributed by atoms with van der Waals surface area (Å²) in [6.07, 6.45) is 3.02. The summed E-state index contributed by atoms with van der Waals surface area (Å²) in [6, 6.07) is 9.44. The summed E-state index contributed by atoms with van der Waals surface area (Å²) in [4.78, 5) is 11.4. The molecule has 3 N–H and O–H groups in total. The molecule has 0 aliphatic carbocycles. The van der Waals surface area contributed by atoms with E-state index in [0.717, 1.165) is 11.3 Å². The maximum absolute atomic E-state index is 11.4. The molecule has 1 atom stereocenters. The van der Waals surface area contributed by atoms with Crippen LogP contribution in [-0.2, 0) is 6.54 Å². The van der Waals surface area contributed by atoms with E-state index in [-0.39, 0.29) is 12.6 Å². The highest BCUT2D eigenvalue weighted by molar-refractivity contribution is 5.73. The van der Waals surface area contributed by atoms with Crippen LogP contribution < -0.4 is 10.6 Å². The molecule has 0 fully saturated rings. The minimum Gasteiger partial charge on any atom is -0.392 e. The Hall–Kier alpha value is -2.34. The summed E-state index contributed by atoms with van der Waals surface area (Å²) in [5, 5.41) is 18.6. The van der Waals surface area contributed by atoms with Crippen LogP contribution in [0.3, 0.4) is 0 Å². The highest BCUT2D eigenvalue weighted by Crippen LogP contribution is 2.07. The fourth-order valence-electron chi connectivity index (χ4n) is 1.66. The number of aromatic nitrogens is 2. The Labute approximate surface area is 117 Å². The van der Waals surface area contributed by atoms with Crippen molar-refractivity contribution in [3.05, 3.63) is 48.3 Å². The maximum atomic E-state index is 11.4. The Bertz CT molecular complexity index is 551. The second kappa shape index (κ2) is 6.72. The summed E-state index contributed by atoms with van der Waals surface area (Å²) in [5.74, 6) is 0. The molecule has 0 radical (unpaired) electrons. The van der Waals surface area contributed by atoms with Crippen LogP contribution in [0, 0.1) is 0 Å². The molecule has 0 saturated carbocycles. The van der Waals surface area contributed by atoms with E-state index in [1.807, 2.05) is 36.5 Å². The molecule has 0 spiro atoms. The van der Waals surface area contributed by atoms with E-state index in [1.54, 1.807) is 17.8 Å². The van der Waals surface area contributed by atoms with Crippen LogP contribution in [0.15, 0.2) is 42.7 Å². The van der Waals surface area contributed by atoms with Crippen LogP contribution in [0.5, 0.6) is 0 Å². The van der Waals surface area contributed by atoms with Crippen molar-refractivity contribution >= 4 is 6.03 Å². The van der Waals surface area contributed by atoms with E-state index in [9.17, 15) is 4.79 Å². The number of para-hydroxylation sites is 1. The third-order valence-electron chi connectivity index (χ3n) is 2.67. The number of nitrogens with one attached hydrogen (secondary N) is 2. The number of amides is 2. The lowest BCUT2D eigenvalue weighted by Crippen LogP contribution is -2.38. The molecule has 106 valence electrons. The lowest BCUT2D eigenvalue weighted by Gasteiger charge is -2.07. The smallest absolute Gasteiger partial charge is 0.315 e. The summed E-state index contributed by atoms with van der Waals surface area (Å²) >= 11 is 0. The molecular weight excluding hydrogens is 256 g/mol. The van der Waals surface area contributed by atoms with Crippen molar-refractivity contribution in [3.63, 3.8) is 0 Å². The number of hydrogen-bond acceptors (Lipinski definition) is 3. The van der Waals surface area contributed by atoms with Gasteiger partial charge in [0.1, 0.15) is 0 Å². The first-order valence-corrected chi connectivity index (χ1v) is 6.44. The molecule has 1 aromatic heterocycles. The van der Waals surface area contributed by atoms with Gasteiger partial charge < -0.3 is 15.7 Å². The number of carbonyl (C=O) groups excluding carboxylic acids is 1. The van der Waals surface area contributed by atoms with Gasteiger partial charge in [0.25, 0.3) is 0 Å². The van der Waals surface area contributed by atoms with E-state index in [2.05, 4.69) is 15.7 Å². The lowest BCUT2D eigenvalue weighted by molar-refractivity contribution is 0.187. The van der Waals surface area contributed by atoms with Crippen LogP contribution in [0.4, 0.5) is 4.79 Å². The van der Waals surface area contributed by atoms with Gasteiger partial charge in [-0.25, -0.2) is 9.48 Å². The predicted molar refractivity (Wildman–Crippen MR) is 75.5 cm³/mol. The number of urea groups is 1. The maximum Gasteiger partial charge on any atom is 0.315 e. The van der Waals surface area contributed by atoms with Gasteiger partial charge in [-0.05, 0) is 19.1 Å². The molecule has 20 heavy (non-hydrogen) atoms. The van der Waals surface area contributed by atoms with E-state index in [0.29, 0.717) is 6.54 Å². The zero-order valence-electron chi connectivity index (χ0n) is 11.3. The molecular formula is C14H18N4O2. The van der Waals surface area contributed by atoms with Crippen LogP contribution in [0.1, 0.15) is 12.5 Å². The zero-order valence-corrected chi connectivity index (χ0v) is 11.3. The Balaban J connectivity index is 1.86. The number of hydrogen-bond donors (Lipinski definition) is 3. The van der Waals surface area contributed by atoms with E-state index < -0.39 is 6.10 Å². The third kappa shape index (κ3) is 4.10. The minimum absolute atomic E-state index is 0.231. The molecule has 1 heterocycles. The van der Waals surface area contributed by atoms with Crippen molar-refractivity contribution in [2.45, 2.75) is 19.6 Å². The van der Waals surface area contributed by atoms with Crippen LogP contribution in [0.25, 0.3) is 5.69 Å². The highest BCUT2D eigenvalue weighted by atomic mass is 16.3. The van der Waals surface area contributed by atoms with Gasteiger partial charge in [-0.1, -0.05) is 18.2 Å². The van der Waals surface area contributed by atoms with Gasteiger partial charge >= 0.3 is 6.03 Å².